The van der Waals surface area contributed by atoms with Crippen molar-refractivity contribution in [2.75, 3.05) is 39.6 Å². The van der Waals surface area contributed by atoms with E-state index in [1.165, 1.54) is 20.8 Å². The highest BCUT2D eigenvalue weighted by atomic mass is 35.7. The Bertz CT molecular complexity index is 1470. The highest BCUT2D eigenvalue weighted by molar-refractivity contribution is 8.09. The Kier molecular flexibility index (Phi) is 18.7. The van der Waals surface area contributed by atoms with Crippen molar-refractivity contribution < 1.29 is 57.2 Å². The molecule has 0 bridgehead atoms. The second-order valence-electron chi connectivity index (χ2n) is 10.6. The lowest BCUT2D eigenvalue weighted by molar-refractivity contribution is -0.142. The van der Waals surface area contributed by atoms with Gasteiger partial charge in [0.1, 0.15) is 39.6 Å². The molecule has 0 aromatic heterocycles. The van der Waals surface area contributed by atoms with Gasteiger partial charge in [-0.2, -0.15) is 0 Å². The molecule has 0 saturated carbocycles. The lowest BCUT2D eigenvalue weighted by Crippen LogP contribution is -2.28. The van der Waals surface area contributed by atoms with E-state index in [1.54, 1.807) is 0 Å². The molecule has 3 unspecified atom stereocenters. The maximum Gasteiger partial charge on any atom is 0.333 e. The Balaban J connectivity index is 4.23. The lowest BCUT2D eigenvalue weighted by Gasteiger charge is -2.36. The average Bonchev–Trinajstić information content (AvgIpc) is 3.05. The van der Waals surface area contributed by atoms with E-state index in [2.05, 4.69) is 53.0 Å². The molecule has 0 spiro atoms. The first-order chi connectivity index (χ1) is 23.7. The molecule has 0 N–H and O–H groups in total. The van der Waals surface area contributed by atoms with Crippen LogP contribution in [0, 0.1) is 0 Å². The first-order valence-electron chi connectivity index (χ1n) is 14.5. The molecule has 0 aliphatic carbocycles. The van der Waals surface area contributed by atoms with Gasteiger partial charge < -0.3 is 28.4 Å². The van der Waals surface area contributed by atoms with Crippen LogP contribution < -0.4 is 0 Å². The lowest BCUT2D eigenvalue weighted by atomic mass is 10.3. The van der Waals surface area contributed by atoms with Gasteiger partial charge in [-0.15, -0.1) is 0 Å². The van der Waals surface area contributed by atoms with Crippen LogP contribution in [0.1, 0.15) is 20.8 Å². The molecule has 3 atom stereocenters. The summed E-state index contributed by atoms with van der Waals surface area (Å²) in [6.45, 7) is 9.45. The van der Waals surface area contributed by atoms with Gasteiger partial charge >= 0.3 is 35.8 Å². The summed E-state index contributed by atoms with van der Waals surface area (Å²) in [6, 6.07) is 0. The van der Waals surface area contributed by atoms with Crippen molar-refractivity contribution in [1.82, 2.24) is 0 Å². The van der Waals surface area contributed by atoms with Gasteiger partial charge in [0.15, 0.2) is 19.7 Å². The average molecular weight is 833 g/mol. The zero-order chi connectivity index (χ0) is 39.2. The minimum atomic E-state index is -4.01. The van der Waals surface area contributed by atoms with E-state index < -0.39 is 112 Å². The summed E-state index contributed by atoms with van der Waals surface area (Å²) >= 11 is 21.8. The minimum Gasteiger partial charge on any atom is -0.462 e. The molecule has 0 fully saturated rings. The molecule has 0 amide bonds. The van der Waals surface area contributed by atoms with Crippen molar-refractivity contribution >= 4 is 89.2 Å². The van der Waals surface area contributed by atoms with Crippen molar-refractivity contribution in [2.45, 2.75) is 37.7 Å². The van der Waals surface area contributed by atoms with Gasteiger partial charge in [0.2, 0.25) is 0 Å². The molecule has 0 radical (unpaired) electrons. The minimum absolute atomic E-state index is 0.0246. The largest absolute Gasteiger partial charge is 0.462 e. The van der Waals surface area contributed by atoms with E-state index in [1.807, 2.05) is 0 Å². The number of carbonyl (C=O) groups is 6. The van der Waals surface area contributed by atoms with Crippen molar-refractivity contribution in [1.29, 1.82) is 0 Å². The molecule has 21 heteroatoms. The summed E-state index contributed by atoms with van der Waals surface area (Å²) in [6.07, 6.45) is 2.62. The molecule has 0 aromatic rings. The molecule has 0 saturated heterocycles. The number of rotatable bonds is 21. The van der Waals surface area contributed by atoms with Crippen molar-refractivity contribution in [3.8, 4) is 0 Å². The SMILES string of the molecule is C=CC(=O)OCC(COC(=O)C(=C)C)P1(Cl)=NP(Cl)(C(COC(=O)C=C)COC(=O)C(=C)C)=NP(Cl)(C(COC(=O)C=C)COC(=O)C(=C)C)=N1. The maximum atomic E-state index is 12.4. The van der Waals surface area contributed by atoms with E-state index in [0.717, 1.165) is 18.2 Å². The summed E-state index contributed by atoms with van der Waals surface area (Å²) in [5.74, 6) is -5.13. The summed E-state index contributed by atoms with van der Waals surface area (Å²) in [7, 11) is 0. The number of carbonyl (C=O) groups excluding carboxylic acids is 6. The highest BCUT2D eigenvalue weighted by Gasteiger charge is 2.47. The van der Waals surface area contributed by atoms with Gasteiger partial charge in [-0.3, -0.25) is 0 Å². The van der Waals surface area contributed by atoms with Crippen LogP contribution in [0.4, 0.5) is 0 Å². The van der Waals surface area contributed by atoms with Crippen LogP contribution in [-0.2, 0) is 57.2 Å². The molecular formula is C30H39Cl3N3O12P3. The Morgan fingerprint density at radius 1 is 0.490 bits per heavy atom. The quantitative estimate of drug-likeness (QED) is 0.0480. The van der Waals surface area contributed by atoms with Crippen LogP contribution >= 0.6 is 53.4 Å². The monoisotopic (exact) mass is 831 g/mol. The normalized spacial score (nSPS) is 22.2. The van der Waals surface area contributed by atoms with Crippen LogP contribution in [0.15, 0.2) is 88.0 Å². The molecule has 0 aromatic carbocycles. The van der Waals surface area contributed by atoms with Crippen LogP contribution in [-0.4, -0.2) is 92.4 Å². The summed E-state index contributed by atoms with van der Waals surface area (Å²) in [4.78, 5) is 73.8. The summed E-state index contributed by atoms with van der Waals surface area (Å²) in [5.41, 5.74) is -3.67. The molecule has 1 aliphatic heterocycles. The van der Waals surface area contributed by atoms with Crippen molar-refractivity contribution in [3.05, 3.63) is 74.4 Å². The molecular weight excluding hydrogens is 794 g/mol. The predicted molar refractivity (Wildman–Crippen MR) is 198 cm³/mol. The fourth-order valence-electron chi connectivity index (χ4n) is 3.33. The number of esters is 6. The van der Waals surface area contributed by atoms with Gasteiger partial charge in [-0.05, 0) is 20.8 Å². The molecule has 282 valence electrons. The zero-order valence-electron chi connectivity index (χ0n) is 28.2. The van der Waals surface area contributed by atoms with E-state index in [9.17, 15) is 28.8 Å². The van der Waals surface area contributed by atoms with Crippen LogP contribution in [0.3, 0.4) is 0 Å². The standard InChI is InChI=1S/C30H39Cl3N3O12P3/c1-10-25(37)43-13-22(16-46-28(40)19(4)5)49(31)34-50(32,23(14-44-26(38)11-2)17-47-29(41)20(6)7)36-51(33,35-49)24(15-45-27(39)12-3)18-48-30(42)21(8)9/h10-12,22-24H,1-4,6,8,13-18H2,5,7,9H3. The summed E-state index contributed by atoms with van der Waals surface area (Å²) in [5, 5.41) is 0. The number of hydrogen-bond acceptors (Lipinski definition) is 15. The smallest absolute Gasteiger partial charge is 0.333 e. The number of hydrogen-bond donors (Lipinski definition) is 0. The molecule has 1 heterocycles. The van der Waals surface area contributed by atoms with Crippen LogP contribution in [0.5, 0.6) is 0 Å². The second kappa shape index (κ2) is 20.8. The Morgan fingerprint density at radius 3 is 0.863 bits per heavy atom. The first kappa shape index (κ1) is 45.8. The Hall–Kier alpha value is -3.18. The Labute approximate surface area is 310 Å². The third kappa shape index (κ3) is 14.4. The van der Waals surface area contributed by atoms with E-state index in [0.29, 0.717) is 0 Å². The molecule has 1 aliphatic rings. The number of nitrogens with zero attached hydrogens (tertiary/aromatic N) is 3. The predicted octanol–water partition coefficient (Wildman–Crippen LogP) is 7.46. The maximum absolute atomic E-state index is 12.4. The van der Waals surface area contributed by atoms with Gasteiger partial charge in [0, 0.05) is 34.9 Å². The van der Waals surface area contributed by atoms with E-state index in [-0.39, 0.29) is 16.7 Å². The topological polar surface area (TPSA) is 195 Å². The summed E-state index contributed by atoms with van der Waals surface area (Å²) < 4.78 is 45.9. The highest BCUT2D eigenvalue weighted by Crippen LogP contribution is 2.86. The second-order valence-corrected chi connectivity index (χ2v) is 22.8. The third-order valence-electron chi connectivity index (χ3n) is 6.17. The molecule has 51 heavy (non-hydrogen) atoms. The Morgan fingerprint density at radius 2 is 0.686 bits per heavy atom. The van der Waals surface area contributed by atoms with Gasteiger partial charge in [0.05, 0.1) is 17.0 Å². The van der Waals surface area contributed by atoms with Crippen molar-refractivity contribution in [3.63, 3.8) is 0 Å². The van der Waals surface area contributed by atoms with Crippen molar-refractivity contribution in [2.24, 2.45) is 13.5 Å². The van der Waals surface area contributed by atoms with Gasteiger partial charge in [-0.1, -0.05) is 73.2 Å². The fourth-order valence-corrected chi connectivity index (χ4v) is 21.6. The number of ether oxygens (including phenoxy) is 6. The van der Waals surface area contributed by atoms with E-state index in [4.69, 9.17) is 62.1 Å². The molecule has 15 nitrogen and oxygen atoms in total. The molecule has 1 rings (SSSR count). The van der Waals surface area contributed by atoms with Crippen LogP contribution in [0.25, 0.3) is 0 Å². The van der Waals surface area contributed by atoms with Crippen LogP contribution in [0.2, 0.25) is 0 Å². The third-order valence-corrected chi connectivity index (χ3v) is 22.0. The first-order valence-corrected chi connectivity index (χ1v) is 22.5. The van der Waals surface area contributed by atoms with Gasteiger partial charge in [0.25, 0.3) is 0 Å². The van der Waals surface area contributed by atoms with Gasteiger partial charge in [-0.25, -0.2) is 42.3 Å². The fraction of sp³-hybridized carbons (Fsp3) is 0.400. The number of halogens is 3. The van der Waals surface area contributed by atoms with E-state index >= 15 is 0 Å². The zero-order valence-corrected chi connectivity index (χ0v) is 33.1.